The summed E-state index contributed by atoms with van der Waals surface area (Å²) in [5.41, 5.74) is -0.209. The molecule has 26 heavy (non-hydrogen) atoms. The topological polar surface area (TPSA) is 77.2 Å². The maximum Gasteiger partial charge on any atom is 0.345 e. The van der Waals surface area contributed by atoms with Crippen LogP contribution in [0.4, 0.5) is 8.78 Å². The summed E-state index contributed by atoms with van der Waals surface area (Å²) in [6, 6.07) is 2.39. The van der Waals surface area contributed by atoms with E-state index in [0.29, 0.717) is 31.3 Å². The van der Waals surface area contributed by atoms with Crippen molar-refractivity contribution in [3.8, 4) is 0 Å². The number of benzene rings is 1. The van der Waals surface area contributed by atoms with Crippen molar-refractivity contribution in [3.05, 3.63) is 46.1 Å². The fourth-order valence-electron chi connectivity index (χ4n) is 3.29. The highest BCUT2D eigenvalue weighted by atomic mass is 32.2. The zero-order valence-electron chi connectivity index (χ0n) is 14.5. The number of sulfonamides is 1. The zero-order chi connectivity index (χ0) is 19.1. The molecule has 142 valence electrons. The number of nitrogens with zero attached hydrogens (tertiary/aromatic N) is 4. The minimum Gasteiger partial charge on any atom is -0.279 e. The summed E-state index contributed by atoms with van der Waals surface area (Å²) in [5, 5.41) is 4.27. The summed E-state index contributed by atoms with van der Waals surface area (Å²) in [4.78, 5) is 11.4. The average molecular weight is 386 g/mol. The van der Waals surface area contributed by atoms with Crippen LogP contribution < -0.4 is 5.69 Å². The van der Waals surface area contributed by atoms with Crippen LogP contribution in [0.2, 0.25) is 0 Å². The summed E-state index contributed by atoms with van der Waals surface area (Å²) in [5.74, 6) is -1.21. The zero-order valence-corrected chi connectivity index (χ0v) is 15.3. The maximum absolute atomic E-state index is 13.9. The van der Waals surface area contributed by atoms with Crippen molar-refractivity contribution >= 4 is 10.0 Å². The first kappa shape index (κ1) is 18.7. The quantitative estimate of drug-likeness (QED) is 0.797. The molecule has 1 aromatic heterocycles. The number of aromatic nitrogens is 3. The third-order valence-corrected chi connectivity index (χ3v) is 6.60. The number of hydrogen-bond acceptors (Lipinski definition) is 4. The minimum atomic E-state index is -4.12. The van der Waals surface area contributed by atoms with Crippen molar-refractivity contribution in [2.24, 2.45) is 7.05 Å². The molecule has 3 rings (SSSR count). The van der Waals surface area contributed by atoms with Crippen molar-refractivity contribution in [1.29, 1.82) is 0 Å². The highest BCUT2D eigenvalue weighted by Gasteiger charge is 2.33. The molecule has 1 aromatic carbocycles. The van der Waals surface area contributed by atoms with Crippen molar-refractivity contribution in [2.45, 2.75) is 37.1 Å². The molecule has 0 unspecified atom stereocenters. The first-order valence-electron chi connectivity index (χ1n) is 8.34. The SMILES string of the molecule is CCn1c(C2CCN(S(=O)(=O)c3cc(F)ccc3F)CC2)nn(C)c1=O. The molecular weight excluding hydrogens is 366 g/mol. The van der Waals surface area contributed by atoms with Crippen molar-refractivity contribution in [3.63, 3.8) is 0 Å². The van der Waals surface area contributed by atoms with E-state index in [-0.39, 0.29) is 24.7 Å². The largest absolute Gasteiger partial charge is 0.345 e. The third-order valence-electron chi connectivity index (χ3n) is 4.68. The molecule has 7 nitrogen and oxygen atoms in total. The summed E-state index contributed by atoms with van der Waals surface area (Å²) in [6.45, 7) is 2.63. The first-order valence-corrected chi connectivity index (χ1v) is 9.78. The van der Waals surface area contributed by atoms with E-state index in [4.69, 9.17) is 0 Å². The van der Waals surface area contributed by atoms with E-state index in [1.807, 2.05) is 6.92 Å². The van der Waals surface area contributed by atoms with E-state index in [1.54, 1.807) is 11.6 Å². The van der Waals surface area contributed by atoms with Gasteiger partial charge in [-0.2, -0.15) is 9.40 Å². The molecular formula is C16H20F2N4O3S. The Labute approximate surface area is 149 Å². The normalized spacial score (nSPS) is 16.9. The first-order chi connectivity index (χ1) is 12.3. The van der Waals surface area contributed by atoms with Gasteiger partial charge in [0, 0.05) is 32.6 Å². The molecule has 0 radical (unpaired) electrons. The second-order valence-electron chi connectivity index (χ2n) is 6.26. The Morgan fingerprint density at radius 2 is 1.88 bits per heavy atom. The predicted molar refractivity (Wildman–Crippen MR) is 90.2 cm³/mol. The monoisotopic (exact) mass is 386 g/mol. The molecule has 0 N–H and O–H groups in total. The molecule has 1 saturated heterocycles. The summed E-state index contributed by atoms with van der Waals surface area (Å²) < 4.78 is 56.5. The highest BCUT2D eigenvalue weighted by molar-refractivity contribution is 7.89. The number of halogens is 2. The van der Waals surface area contributed by atoms with Gasteiger partial charge in [-0.15, -0.1) is 0 Å². The van der Waals surface area contributed by atoms with E-state index < -0.39 is 26.6 Å². The molecule has 0 bridgehead atoms. The van der Waals surface area contributed by atoms with Crippen LogP contribution >= 0.6 is 0 Å². The lowest BCUT2D eigenvalue weighted by Gasteiger charge is -2.30. The lowest BCUT2D eigenvalue weighted by molar-refractivity contribution is 0.307. The van der Waals surface area contributed by atoms with Gasteiger partial charge in [0.05, 0.1) is 0 Å². The van der Waals surface area contributed by atoms with Gasteiger partial charge in [-0.3, -0.25) is 4.57 Å². The van der Waals surface area contributed by atoms with Gasteiger partial charge in [0.2, 0.25) is 10.0 Å². The molecule has 0 atom stereocenters. The lowest BCUT2D eigenvalue weighted by Crippen LogP contribution is -2.39. The standard InChI is InChI=1S/C16H20F2N4O3S/c1-3-22-15(19-20(2)16(22)23)11-6-8-21(9-7-11)26(24,25)14-10-12(17)4-5-13(14)18/h4-5,10-11H,3,6-9H2,1-2H3. The van der Waals surface area contributed by atoms with E-state index in [0.717, 1.165) is 16.4 Å². The van der Waals surface area contributed by atoms with Gasteiger partial charge >= 0.3 is 5.69 Å². The van der Waals surface area contributed by atoms with Gasteiger partial charge in [0.1, 0.15) is 22.4 Å². The Balaban J connectivity index is 1.81. The lowest BCUT2D eigenvalue weighted by atomic mass is 9.97. The second-order valence-corrected chi connectivity index (χ2v) is 8.17. The Morgan fingerprint density at radius 3 is 2.50 bits per heavy atom. The van der Waals surface area contributed by atoms with Crippen molar-refractivity contribution in [2.75, 3.05) is 13.1 Å². The van der Waals surface area contributed by atoms with Gasteiger partial charge in [-0.1, -0.05) is 0 Å². The molecule has 2 heterocycles. The molecule has 0 saturated carbocycles. The van der Waals surface area contributed by atoms with E-state index >= 15 is 0 Å². The van der Waals surface area contributed by atoms with Crippen LogP contribution in [0.25, 0.3) is 0 Å². The van der Waals surface area contributed by atoms with Crippen LogP contribution in [0.5, 0.6) is 0 Å². The Hall–Kier alpha value is -2.07. The van der Waals surface area contributed by atoms with Gasteiger partial charge in [0.15, 0.2) is 0 Å². The smallest absolute Gasteiger partial charge is 0.279 e. The van der Waals surface area contributed by atoms with Crippen molar-refractivity contribution < 1.29 is 17.2 Å². The number of piperidine rings is 1. The average Bonchev–Trinajstić information content (AvgIpc) is 2.91. The van der Waals surface area contributed by atoms with Crippen LogP contribution in [-0.4, -0.2) is 40.2 Å². The highest BCUT2D eigenvalue weighted by Crippen LogP contribution is 2.30. The van der Waals surface area contributed by atoms with Crippen LogP contribution in [0.15, 0.2) is 27.9 Å². The van der Waals surface area contributed by atoms with Crippen molar-refractivity contribution in [1.82, 2.24) is 18.7 Å². The van der Waals surface area contributed by atoms with Gasteiger partial charge in [-0.05, 0) is 38.0 Å². The molecule has 0 amide bonds. The van der Waals surface area contributed by atoms with Gasteiger partial charge in [-0.25, -0.2) is 26.7 Å². The molecule has 1 aliphatic heterocycles. The fraction of sp³-hybridized carbons (Fsp3) is 0.500. The van der Waals surface area contributed by atoms with E-state index in [9.17, 15) is 22.0 Å². The Bertz CT molecular complexity index is 976. The Kier molecular flexibility index (Phi) is 4.98. The second kappa shape index (κ2) is 6.92. The van der Waals surface area contributed by atoms with Crippen LogP contribution in [0, 0.1) is 11.6 Å². The molecule has 1 aliphatic rings. The maximum atomic E-state index is 13.9. The van der Waals surface area contributed by atoms with Gasteiger partial charge in [0.25, 0.3) is 0 Å². The summed E-state index contributed by atoms with van der Waals surface area (Å²) in [7, 11) is -2.54. The summed E-state index contributed by atoms with van der Waals surface area (Å²) >= 11 is 0. The summed E-state index contributed by atoms with van der Waals surface area (Å²) in [6.07, 6.45) is 0.902. The number of rotatable bonds is 4. The molecule has 2 aromatic rings. The van der Waals surface area contributed by atoms with Crippen LogP contribution in [-0.2, 0) is 23.6 Å². The number of aryl methyl sites for hydroxylation is 1. The van der Waals surface area contributed by atoms with Crippen LogP contribution in [0.3, 0.4) is 0 Å². The minimum absolute atomic E-state index is 0.0624. The molecule has 10 heteroatoms. The van der Waals surface area contributed by atoms with Crippen LogP contribution in [0.1, 0.15) is 31.5 Å². The number of hydrogen-bond donors (Lipinski definition) is 0. The fourth-order valence-corrected chi connectivity index (χ4v) is 4.84. The van der Waals surface area contributed by atoms with E-state index in [2.05, 4.69) is 5.10 Å². The van der Waals surface area contributed by atoms with Gasteiger partial charge < -0.3 is 0 Å². The third kappa shape index (κ3) is 3.18. The predicted octanol–water partition coefficient (Wildman–Crippen LogP) is 1.45. The molecule has 0 spiro atoms. The Morgan fingerprint density at radius 1 is 1.23 bits per heavy atom. The molecule has 0 aliphatic carbocycles. The molecule has 1 fully saturated rings. The van der Waals surface area contributed by atoms with E-state index in [1.165, 1.54) is 4.68 Å².